The second-order valence-corrected chi connectivity index (χ2v) is 11.7. The summed E-state index contributed by atoms with van der Waals surface area (Å²) in [4.78, 5) is 0. The van der Waals surface area contributed by atoms with Crippen molar-refractivity contribution in [1.29, 1.82) is 0 Å². The fourth-order valence-electron chi connectivity index (χ4n) is 6.02. The van der Waals surface area contributed by atoms with E-state index in [0.717, 1.165) is 0 Å². The lowest BCUT2D eigenvalue weighted by Gasteiger charge is -2.47. The normalized spacial score (nSPS) is 52.7. The maximum atomic E-state index is 11.3. The molecular weight excluding hydrogens is 575 g/mol. The van der Waals surface area contributed by atoms with Gasteiger partial charge in [-0.1, -0.05) is 13.1 Å². The van der Waals surface area contributed by atoms with Gasteiger partial charge in [-0.05, 0) is 6.42 Å². The molecule has 1 aliphatic carbocycles. The molecular formula is C24H48BN6O12. The number of hydrogen-bond donors (Lipinski definition) is 12. The van der Waals surface area contributed by atoms with Crippen molar-refractivity contribution in [3.63, 3.8) is 0 Å². The van der Waals surface area contributed by atoms with Crippen molar-refractivity contribution < 1.29 is 59.1 Å². The lowest BCUT2D eigenvalue weighted by molar-refractivity contribution is -0.306. The van der Waals surface area contributed by atoms with Crippen molar-refractivity contribution in [1.82, 2.24) is 0 Å². The molecule has 9 unspecified atom stereocenters. The molecule has 0 aromatic heterocycles. The minimum Gasteiger partial charge on any atom is -0.389 e. The first-order valence-corrected chi connectivity index (χ1v) is 14.6. The highest BCUT2D eigenvalue weighted by Gasteiger charge is 2.54. The summed E-state index contributed by atoms with van der Waals surface area (Å²) in [6, 6.07) is -4.00. The highest BCUT2D eigenvalue weighted by Crippen LogP contribution is 2.35. The number of aliphatic hydroxyl groups is 6. The van der Waals surface area contributed by atoms with Crippen LogP contribution in [0.3, 0.4) is 0 Å². The van der Waals surface area contributed by atoms with Crippen LogP contribution in [0.25, 0.3) is 0 Å². The maximum absolute atomic E-state index is 11.3. The molecule has 18 N–H and O–H groups in total. The van der Waals surface area contributed by atoms with Crippen molar-refractivity contribution in [3.8, 4) is 0 Å². The Kier molecular flexibility index (Phi) is 12.1. The van der Waals surface area contributed by atoms with Crippen molar-refractivity contribution >= 4 is 7.28 Å². The van der Waals surface area contributed by atoms with Gasteiger partial charge in [-0.15, -0.1) is 0 Å². The van der Waals surface area contributed by atoms with Crippen LogP contribution >= 0.6 is 0 Å². The topological polar surface area (TPSA) is 333 Å². The Hall–Kier alpha value is -0.655. The minimum atomic E-state index is -1.46. The van der Waals surface area contributed by atoms with Crippen LogP contribution in [0.2, 0.25) is 13.1 Å². The van der Waals surface area contributed by atoms with Crippen molar-refractivity contribution in [2.24, 2.45) is 34.4 Å². The molecule has 4 rings (SSSR count). The Balaban J connectivity index is 1.51. The van der Waals surface area contributed by atoms with E-state index in [9.17, 15) is 30.6 Å². The molecule has 0 bridgehead atoms. The highest BCUT2D eigenvalue weighted by molar-refractivity contribution is 6.33. The van der Waals surface area contributed by atoms with Crippen LogP contribution < -0.4 is 34.4 Å². The average Bonchev–Trinajstić information content (AvgIpc) is 3.26. The summed E-state index contributed by atoms with van der Waals surface area (Å²) in [5, 5.41) is 63.6. The van der Waals surface area contributed by atoms with Gasteiger partial charge in [-0.3, -0.25) is 0 Å². The summed E-state index contributed by atoms with van der Waals surface area (Å²) >= 11 is 0. The Bertz CT molecular complexity index is 889. The smallest absolute Gasteiger partial charge is 0.187 e. The van der Waals surface area contributed by atoms with Crippen LogP contribution in [-0.2, 0) is 28.4 Å². The first-order valence-electron chi connectivity index (χ1n) is 14.6. The van der Waals surface area contributed by atoms with E-state index in [2.05, 4.69) is 0 Å². The Morgan fingerprint density at radius 1 is 0.581 bits per heavy atom. The SMILES string of the molecule is C[B]C[C@H]1OC(O[C@@H]2[C@@H](O)C(N)CC(N)[C@@H]2OC2OC(CN)[C@H](O)[C@H](O)[C@H]2N)[C@@H](O)[C@H]1OC1O[C@@H](CN)C(O)C(O)C1N. The standard InChI is InChI=1S/C24H48BN6O12/c1-25-3-8-20(42-23-12(31)17(36)15(34)10(5-27)40-23)18(37)24(38-8)43-21-13(32)6(28)2-7(29)19(21)41-22-11(30)16(35)14(33)9(4-26)39-22/h6-24,32-37H,2-5,26-31H2,1H3/t6?,7?,8-,9?,10+,11-,12?,13+,14+,15?,16-,17?,18+,19+,20+,21-,22?,23?,24?/m1/s1. The van der Waals surface area contributed by atoms with Crippen LogP contribution in [0.1, 0.15) is 6.42 Å². The molecule has 0 amide bonds. The predicted molar refractivity (Wildman–Crippen MR) is 148 cm³/mol. The van der Waals surface area contributed by atoms with Crippen molar-refractivity contribution in [2.45, 2.75) is 136 Å². The molecule has 1 radical (unpaired) electrons. The van der Waals surface area contributed by atoms with E-state index in [-0.39, 0.29) is 19.5 Å². The number of rotatable bonds is 10. The molecule has 3 aliphatic heterocycles. The van der Waals surface area contributed by atoms with Gasteiger partial charge in [0, 0.05) is 25.2 Å². The first-order chi connectivity index (χ1) is 20.3. The van der Waals surface area contributed by atoms with E-state index in [1.165, 1.54) is 0 Å². The summed E-state index contributed by atoms with van der Waals surface area (Å²) in [5.41, 5.74) is 36.0. The van der Waals surface area contributed by atoms with Gasteiger partial charge < -0.3 is 93.5 Å². The lowest BCUT2D eigenvalue weighted by Crippen LogP contribution is -2.68. The molecule has 19 atom stereocenters. The Morgan fingerprint density at radius 3 is 1.53 bits per heavy atom. The molecule has 0 spiro atoms. The number of hydrogen-bond acceptors (Lipinski definition) is 18. The zero-order chi connectivity index (χ0) is 31.7. The zero-order valence-electron chi connectivity index (χ0n) is 24.0. The number of aliphatic hydroxyl groups excluding tert-OH is 6. The molecule has 0 aromatic carbocycles. The molecule has 3 heterocycles. The second-order valence-electron chi connectivity index (χ2n) is 11.7. The van der Waals surface area contributed by atoms with Crippen molar-refractivity contribution in [3.05, 3.63) is 0 Å². The van der Waals surface area contributed by atoms with Gasteiger partial charge in [0.15, 0.2) is 18.9 Å². The van der Waals surface area contributed by atoms with E-state index in [1.54, 1.807) is 14.1 Å². The maximum Gasteiger partial charge on any atom is 0.187 e. The summed E-state index contributed by atoms with van der Waals surface area (Å²) in [6.07, 6.45) is -18.0. The minimum absolute atomic E-state index is 0.121. The van der Waals surface area contributed by atoms with Crippen LogP contribution in [0.4, 0.5) is 0 Å². The van der Waals surface area contributed by atoms with Gasteiger partial charge in [0.05, 0.1) is 24.3 Å². The number of ether oxygens (including phenoxy) is 6. The van der Waals surface area contributed by atoms with Gasteiger partial charge >= 0.3 is 0 Å². The summed E-state index contributed by atoms with van der Waals surface area (Å²) in [5.74, 6) is 0. The molecule has 4 aliphatic rings. The van der Waals surface area contributed by atoms with E-state index in [0.29, 0.717) is 6.32 Å². The molecule has 1 saturated carbocycles. The van der Waals surface area contributed by atoms with Gasteiger partial charge in [-0.25, -0.2) is 0 Å². The number of nitrogens with two attached hydrogens (primary N) is 6. The molecule has 4 fully saturated rings. The molecule has 3 saturated heterocycles. The van der Waals surface area contributed by atoms with E-state index in [1.807, 2.05) is 0 Å². The summed E-state index contributed by atoms with van der Waals surface area (Å²) in [7, 11) is 1.78. The van der Waals surface area contributed by atoms with Crippen LogP contribution in [0.5, 0.6) is 0 Å². The van der Waals surface area contributed by atoms with E-state index >= 15 is 0 Å². The highest BCUT2D eigenvalue weighted by atomic mass is 16.8. The molecule has 249 valence electrons. The molecule has 0 aromatic rings. The fraction of sp³-hybridized carbons (Fsp3) is 1.00. The molecule has 43 heavy (non-hydrogen) atoms. The third-order valence-electron chi connectivity index (χ3n) is 8.66. The fourth-order valence-corrected chi connectivity index (χ4v) is 6.02. The Morgan fingerprint density at radius 2 is 1.05 bits per heavy atom. The van der Waals surface area contributed by atoms with Crippen LogP contribution in [0, 0.1) is 0 Å². The predicted octanol–water partition coefficient (Wildman–Crippen LogP) is -7.72. The molecule has 18 nitrogen and oxygen atoms in total. The van der Waals surface area contributed by atoms with Crippen LogP contribution in [-0.4, -0.2) is 167 Å². The quantitative estimate of drug-likeness (QED) is 0.100. The summed E-state index contributed by atoms with van der Waals surface area (Å²) < 4.78 is 35.5. The third kappa shape index (κ3) is 7.19. The lowest BCUT2D eigenvalue weighted by atomic mass is 9.74. The van der Waals surface area contributed by atoms with Gasteiger partial charge in [-0.2, -0.15) is 0 Å². The third-order valence-corrected chi connectivity index (χ3v) is 8.66. The zero-order valence-corrected chi connectivity index (χ0v) is 24.0. The van der Waals surface area contributed by atoms with E-state index in [4.69, 9.17) is 62.8 Å². The monoisotopic (exact) mass is 623 g/mol. The molecule has 19 heteroatoms. The van der Waals surface area contributed by atoms with E-state index < -0.39 is 116 Å². The summed E-state index contributed by atoms with van der Waals surface area (Å²) in [6.45, 7) is 1.52. The largest absolute Gasteiger partial charge is 0.389 e. The van der Waals surface area contributed by atoms with Crippen molar-refractivity contribution in [2.75, 3.05) is 13.1 Å². The second kappa shape index (κ2) is 14.8. The first kappa shape index (κ1) is 35.2. The van der Waals surface area contributed by atoms with Crippen LogP contribution in [0.15, 0.2) is 0 Å². The van der Waals surface area contributed by atoms with Gasteiger partial charge in [0.1, 0.15) is 68.3 Å². The van der Waals surface area contributed by atoms with Gasteiger partial charge in [0.25, 0.3) is 0 Å². The van der Waals surface area contributed by atoms with Gasteiger partial charge in [0.2, 0.25) is 0 Å². The average molecular weight is 623 g/mol. The Labute approximate surface area is 250 Å².